The minimum absolute atomic E-state index is 0.168. The molecular weight excluding hydrogens is 422 g/mol. The van der Waals surface area contributed by atoms with E-state index in [0.29, 0.717) is 44.1 Å². The standard InChI is InChI=1S/C21H25N3O6S/c1-29-21(26)23-18-7-5-17(6-8-18)22-20(25)11-4-16-2-9-19(10-3-16)31(27,28)24-12-14-30-15-13-24/h2-3,5-10H,4,11-15H2,1H3,(H,22,25)(H,23,26). The van der Waals surface area contributed by atoms with E-state index in [0.717, 1.165) is 5.56 Å². The van der Waals surface area contributed by atoms with Gasteiger partial charge in [0.15, 0.2) is 0 Å². The van der Waals surface area contributed by atoms with E-state index in [-0.39, 0.29) is 17.2 Å². The fraction of sp³-hybridized carbons (Fsp3) is 0.333. The number of morpholine rings is 1. The molecule has 2 aromatic carbocycles. The van der Waals surface area contributed by atoms with Gasteiger partial charge in [-0.25, -0.2) is 13.2 Å². The van der Waals surface area contributed by atoms with E-state index in [1.807, 2.05) is 0 Å². The fourth-order valence-electron chi connectivity index (χ4n) is 3.05. The molecule has 1 heterocycles. The molecule has 0 spiro atoms. The Kier molecular flexibility index (Phi) is 7.61. The number of aryl methyl sites for hydroxylation is 1. The molecular formula is C21H25N3O6S. The first-order valence-electron chi connectivity index (χ1n) is 9.80. The molecule has 9 nitrogen and oxygen atoms in total. The van der Waals surface area contributed by atoms with E-state index in [9.17, 15) is 18.0 Å². The molecule has 1 saturated heterocycles. The van der Waals surface area contributed by atoms with E-state index in [2.05, 4.69) is 15.4 Å². The van der Waals surface area contributed by atoms with Gasteiger partial charge in [-0.3, -0.25) is 10.1 Å². The summed E-state index contributed by atoms with van der Waals surface area (Å²) >= 11 is 0. The van der Waals surface area contributed by atoms with Crippen molar-refractivity contribution < 1.29 is 27.5 Å². The fourth-order valence-corrected chi connectivity index (χ4v) is 4.46. The maximum atomic E-state index is 12.6. The van der Waals surface area contributed by atoms with E-state index in [1.54, 1.807) is 48.5 Å². The van der Waals surface area contributed by atoms with Crippen molar-refractivity contribution in [2.75, 3.05) is 44.0 Å². The Morgan fingerprint density at radius 3 is 2.13 bits per heavy atom. The lowest BCUT2D eigenvalue weighted by Gasteiger charge is -2.26. The number of rotatable bonds is 7. The van der Waals surface area contributed by atoms with Gasteiger partial charge in [-0.15, -0.1) is 0 Å². The molecule has 1 aliphatic heterocycles. The second-order valence-corrected chi connectivity index (χ2v) is 8.84. The summed E-state index contributed by atoms with van der Waals surface area (Å²) in [5, 5.41) is 5.32. The van der Waals surface area contributed by atoms with Crippen LogP contribution < -0.4 is 10.6 Å². The van der Waals surface area contributed by atoms with Gasteiger partial charge in [0.05, 0.1) is 25.2 Å². The quantitative estimate of drug-likeness (QED) is 0.674. The number of ether oxygens (including phenoxy) is 2. The summed E-state index contributed by atoms with van der Waals surface area (Å²) in [6, 6.07) is 13.3. The number of nitrogens with zero attached hydrogens (tertiary/aromatic N) is 1. The average molecular weight is 448 g/mol. The number of hydrogen-bond donors (Lipinski definition) is 2. The molecule has 0 radical (unpaired) electrons. The molecule has 0 aromatic heterocycles. The van der Waals surface area contributed by atoms with Crippen LogP contribution >= 0.6 is 0 Å². The molecule has 2 N–H and O–H groups in total. The number of nitrogens with one attached hydrogen (secondary N) is 2. The summed E-state index contributed by atoms with van der Waals surface area (Å²) in [6.07, 6.45) is 0.157. The van der Waals surface area contributed by atoms with Gasteiger partial charge in [0, 0.05) is 30.9 Å². The number of anilines is 2. The highest BCUT2D eigenvalue weighted by atomic mass is 32.2. The largest absolute Gasteiger partial charge is 0.453 e. The molecule has 0 aliphatic carbocycles. The van der Waals surface area contributed by atoms with Gasteiger partial charge in [-0.2, -0.15) is 4.31 Å². The van der Waals surface area contributed by atoms with Crippen molar-refractivity contribution in [3.05, 3.63) is 54.1 Å². The van der Waals surface area contributed by atoms with Gasteiger partial charge < -0.3 is 14.8 Å². The predicted octanol–water partition coefficient (Wildman–Crippen LogP) is 2.46. The van der Waals surface area contributed by atoms with E-state index in [4.69, 9.17) is 4.74 Å². The van der Waals surface area contributed by atoms with Crippen molar-refractivity contribution in [1.29, 1.82) is 0 Å². The Morgan fingerprint density at radius 2 is 1.55 bits per heavy atom. The highest BCUT2D eigenvalue weighted by Gasteiger charge is 2.26. The highest BCUT2D eigenvalue weighted by Crippen LogP contribution is 2.19. The molecule has 166 valence electrons. The molecule has 0 bridgehead atoms. The highest BCUT2D eigenvalue weighted by molar-refractivity contribution is 7.89. The first-order valence-corrected chi connectivity index (χ1v) is 11.2. The number of benzene rings is 2. The van der Waals surface area contributed by atoms with Gasteiger partial charge in [-0.05, 0) is 48.4 Å². The van der Waals surface area contributed by atoms with Crippen molar-refractivity contribution in [1.82, 2.24) is 4.31 Å². The minimum Gasteiger partial charge on any atom is -0.453 e. The van der Waals surface area contributed by atoms with Crippen molar-refractivity contribution >= 4 is 33.4 Å². The van der Waals surface area contributed by atoms with Crippen molar-refractivity contribution in [3.63, 3.8) is 0 Å². The molecule has 2 amide bonds. The number of sulfonamides is 1. The number of carbonyl (C=O) groups is 2. The van der Waals surface area contributed by atoms with Crippen LogP contribution in [0.4, 0.5) is 16.2 Å². The Bertz CT molecular complexity index is 1000. The van der Waals surface area contributed by atoms with Crippen molar-refractivity contribution in [2.45, 2.75) is 17.7 Å². The lowest BCUT2D eigenvalue weighted by molar-refractivity contribution is -0.116. The van der Waals surface area contributed by atoms with Crippen LogP contribution in [0.15, 0.2) is 53.4 Å². The smallest absolute Gasteiger partial charge is 0.411 e. The molecule has 0 saturated carbocycles. The summed E-state index contributed by atoms with van der Waals surface area (Å²) < 4.78 is 36.4. The van der Waals surface area contributed by atoms with Crippen LogP contribution in [0.2, 0.25) is 0 Å². The molecule has 3 rings (SSSR count). The topological polar surface area (TPSA) is 114 Å². The SMILES string of the molecule is COC(=O)Nc1ccc(NC(=O)CCc2ccc(S(=O)(=O)N3CCOCC3)cc2)cc1. The zero-order valence-electron chi connectivity index (χ0n) is 17.2. The first kappa shape index (κ1) is 22.7. The van der Waals surface area contributed by atoms with Gasteiger partial charge in [0.2, 0.25) is 15.9 Å². The second kappa shape index (κ2) is 10.4. The summed E-state index contributed by atoms with van der Waals surface area (Å²) in [5.74, 6) is -0.168. The Labute approximate surface area is 181 Å². The number of carbonyl (C=O) groups excluding carboxylic acids is 2. The summed E-state index contributed by atoms with van der Waals surface area (Å²) in [7, 11) is -2.25. The predicted molar refractivity (Wildman–Crippen MR) is 115 cm³/mol. The molecule has 2 aromatic rings. The van der Waals surface area contributed by atoms with Crippen LogP contribution in [-0.4, -0.2) is 58.1 Å². The van der Waals surface area contributed by atoms with Gasteiger partial charge in [0.1, 0.15) is 0 Å². The van der Waals surface area contributed by atoms with Crippen LogP contribution in [0.3, 0.4) is 0 Å². The zero-order valence-corrected chi connectivity index (χ0v) is 18.0. The van der Waals surface area contributed by atoms with Gasteiger partial charge in [0.25, 0.3) is 0 Å². The number of amides is 2. The van der Waals surface area contributed by atoms with E-state index < -0.39 is 16.1 Å². The Morgan fingerprint density at radius 1 is 0.968 bits per heavy atom. The first-order chi connectivity index (χ1) is 14.9. The van der Waals surface area contributed by atoms with Gasteiger partial charge in [-0.1, -0.05) is 12.1 Å². The molecule has 1 aliphatic rings. The third-order valence-corrected chi connectivity index (χ3v) is 6.69. The Balaban J connectivity index is 1.50. The van der Waals surface area contributed by atoms with Gasteiger partial charge >= 0.3 is 6.09 Å². The van der Waals surface area contributed by atoms with Crippen LogP contribution in [0.1, 0.15) is 12.0 Å². The molecule has 0 unspecified atom stereocenters. The van der Waals surface area contributed by atoms with Crippen molar-refractivity contribution in [2.24, 2.45) is 0 Å². The minimum atomic E-state index is -3.52. The lowest BCUT2D eigenvalue weighted by Crippen LogP contribution is -2.40. The molecule has 31 heavy (non-hydrogen) atoms. The summed E-state index contributed by atoms with van der Waals surface area (Å²) in [6.45, 7) is 1.50. The van der Waals surface area contributed by atoms with E-state index in [1.165, 1.54) is 11.4 Å². The monoisotopic (exact) mass is 447 g/mol. The van der Waals surface area contributed by atoms with Crippen LogP contribution in [0.5, 0.6) is 0 Å². The molecule has 0 atom stereocenters. The zero-order chi connectivity index (χ0) is 22.3. The lowest BCUT2D eigenvalue weighted by atomic mass is 10.1. The molecule has 1 fully saturated rings. The third kappa shape index (κ3) is 6.27. The average Bonchev–Trinajstić information content (AvgIpc) is 2.80. The third-order valence-electron chi connectivity index (χ3n) is 4.77. The maximum Gasteiger partial charge on any atom is 0.411 e. The van der Waals surface area contributed by atoms with Crippen LogP contribution in [-0.2, 0) is 30.7 Å². The summed E-state index contributed by atoms with van der Waals surface area (Å²) in [4.78, 5) is 23.6. The normalized spacial score (nSPS) is 14.6. The van der Waals surface area contributed by atoms with Crippen LogP contribution in [0, 0.1) is 0 Å². The van der Waals surface area contributed by atoms with E-state index >= 15 is 0 Å². The summed E-state index contributed by atoms with van der Waals surface area (Å²) in [5.41, 5.74) is 2.03. The Hall–Kier alpha value is -2.95. The number of methoxy groups -OCH3 is 1. The van der Waals surface area contributed by atoms with Crippen molar-refractivity contribution in [3.8, 4) is 0 Å². The second-order valence-electron chi connectivity index (χ2n) is 6.90. The molecule has 10 heteroatoms. The number of hydrogen-bond acceptors (Lipinski definition) is 6. The van der Waals surface area contributed by atoms with Crippen LogP contribution in [0.25, 0.3) is 0 Å². The maximum absolute atomic E-state index is 12.6.